The van der Waals surface area contributed by atoms with Crippen molar-refractivity contribution in [2.24, 2.45) is 5.92 Å². The van der Waals surface area contributed by atoms with Crippen molar-refractivity contribution in [2.45, 2.75) is 23.6 Å². The molecule has 164 valence electrons. The van der Waals surface area contributed by atoms with Crippen molar-refractivity contribution in [1.82, 2.24) is 0 Å². The fourth-order valence-corrected chi connectivity index (χ4v) is 5.93. The molecular formula is C25H25BO4S2. The van der Waals surface area contributed by atoms with Crippen molar-refractivity contribution < 1.29 is 18.0 Å². The van der Waals surface area contributed by atoms with Crippen LogP contribution in [0, 0.1) is 19.8 Å². The number of carbonyl (C=O) groups excluding carboxylic acids is 2. The van der Waals surface area contributed by atoms with E-state index in [9.17, 15) is 18.0 Å². The number of rotatable bonds is 9. The first-order valence-electron chi connectivity index (χ1n) is 10.3. The van der Waals surface area contributed by atoms with Crippen LogP contribution >= 0.6 is 11.8 Å². The molecule has 0 fully saturated rings. The fourth-order valence-electron chi connectivity index (χ4n) is 3.24. The highest BCUT2D eigenvalue weighted by Crippen LogP contribution is 2.26. The molecule has 4 nitrogen and oxygen atoms in total. The van der Waals surface area contributed by atoms with Crippen LogP contribution in [-0.2, 0) is 9.84 Å². The number of carbonyl (C=O) groups is 2. The van der Waals surface area contributed by atoms with E-state index in [0.29, 0.717) is 16.9 Å². The number of hydrogen-bond donors (Lipinski definition) is 0. The minimum absolute atomic E-state index is 0.0857. The molecule has 0 saturated heterocycles. The number of Topliss-reactive ketones (excluding diaryl/α,β-unsaturated/α-hetero) is 1. The topological polar surface area (TPSA) is 68.3 Å². The van der Waals surface area contributed by atoms with Crippen LogP contribution in [0.4, 0.5) is 0 Å². The van der Waals surface area contributed by atoms with Gasteiger partial charge in [0.05, 0.1) is 10.6 Å². The Morgan fingerprint density at radius 3 is 1.84 bits per heavy atom. The molecule has 0 radical (unpaired) electrons. The normalized spacial score (nSPS) is 12.3. The van der Waals surface area contributed by atoms with E-state index >= 15 is 0 Å². The predicted molar refractivity (Wildman–Crippen MR) is 132 cm³/mol. The number of aryl methyl sites for hydroxylation is 2. The minimum atomic E-state index is -3.65. The molecule has 0 aliphatic rings. The molecule has 1 atom stereocenters. The van der Waals surface area contributed by atoms with Crippen molar-refractivity contribution in [3.63, 3.8) is 0 Å². The summed E-state index contributed by atoms with van der Waals surface area (Å²) in [4.78, 5) is 26.0. The Bertz CT molecular complexity index is 1200. The lowest BCUT2D eigenvalue weighted by Crippen LogP contribution is -2.26. The lowest BCUT2D eigenvalue weighted by molar-refractivity contribution is 0.0942. The van der Waals surface area contributed by atoms with Crippen molar-refractivity contribution in [3.05, 3.63) is 95.1 Å². The second kappa shape index (κ2) is 10.3. The molecule has 3 rings (SSSR count). The highest BCUT2D eigenvalue weighted by molar-refractivity contribution is 7.99. The first-order valence-corrected chi connectivity index (χ1v) is 12.9. The first-order chi connectivity index (χ1) is 15.2. The molecule has 0 saturated carbocycles. The van der Waals surface area contributed by atoms with Crippen LogP contribution in [0.15, 0.2) is 82.6 Å². The number of thioether (sulfide) groups is 1. The fraction of sp³-hybridized carbons (Fsp3) is 0.200. The van der Waals surface area contributed by atoms with E-state index in [4.69, 9.17) is 0 Å². The summed E-state index contributed by atoms with van der Waals surface area (Å²) in [6.45, 7) is 3.89. The molecule has 3 aromatic rings. The third-order valence-corrected chi connectivity index (χ3v) is 8.23. The van der Waals surface area contributed by atoms with Gasteiger partial charge in [-0.1, -0.05) is 59.7 Å². The molecule has 0 aliphatic heterocycles. The molecule has 0 N–H and O–H groups in total. The molecule has 0 spiro atoms. The van der Waals surface area contributed by atoms with Gasteiger partial charge in [-0.05, 0) is 38.1 Å². The zero-order valence-corrected chi connectivity index (χ0v) is 20.0. The zero-order valence-electron chi connectivity index (χ0n) is 18.4. The highest BCUT2D eigenvalue weighted by atomic mass is 32.2. The number of benzene rings is 3. The lowest BCUT2D eigenvalue weighted by Gasteiger charge is -2.17. The molecule has 1 unspecified atom stereocenters. The largest absolute Gasteiger partial charge is 0.307 e. The summed E-state index contributed by atoms with van der Waals surface area (Å²) in [5.74, 6) is -0.907. The second-order valence-electron chi connectivity index (χ2n) is 7.91. The van der Waals surface area contributed by atoms with E-state index in [1.807, 2.05) is 38.1 Å². The van der Waals surface area contributed by atoms with E-state index in [-0.39, 0.29) is 22.1 Å². The monoisotopic (exact) mass is 464 g/mol. The van der Waals surface area contributed by atoms with Gasteiger partial charge in [0.15, 0.2) is 23.5 Å². The van der Waals surface area contributed by atoms with Gasteiger partial charge in [-0.25, -0.2) is 8.42 Å². The standard InChI is InChI=1S/C25H25BO4S2/c1-17-3-11-22(12-4-17)31-15-21(16-32(29,30)23-13-5-18(2)6-14-23)24(27)19-7-9-20(10-8-19)25(26)28/h3-14,21H,15-16,26H2,1-2H3. The van der Waals surface area contributed by atoms with Gasteiger partial charge in [-0.3, -0.25) is 4.79 Å². The molecular weight excluding hydrogens is 439 g/mol. The average Bonchev–Trinajstić information content (AvgIpc) is 2.77. The summed E-state index contributed by atoms with van der Waals surface area (Å²) in [5, 5.41) is 0. The van der Waals surface area contributed by atoms with E-state index in [0.717, 1.165) is 16.0 Å². The molecule has 0 amide bonds. The quantitative estimate of drug-likeness (QED) is 0.271. The molecule has 7 heteroatoms. The van der Waals surface area contributed by atoms with Gasteiger partial charge >= 0.3 is 0 Å². The number of ketones is 1. The number of sulfone groups is 1. The van der Waals surface area contributed by atoms with Crippen LogP contribution in [0.1, 0.15) is 31.8 Å². The Morgan fingerprint density at radius 1 is 0.812 bits per heavy atom. The van der Waals surface area contributed by atoms with Crippen LogP contribution in [0.3, 0.4) is 0 Å². The van der Waals surface area contributed by atoms with Crippen molar-refractivity contribution >= 4 is 40.9 Å². The van der Waals surface area contributed by atoms with E-state index < -0.39 is 15.8 Å². The molecule has 32 heavy (non-hydrogen) atoms. The van der Waals surface area contributed by atoms with Gasteiger partial charge in [0.25, 0.3) is 0 Å². The molecule has 0 aliphatic carbocycles. The van der Waals surface area contributed by atoms with Crippen molar-refractivity contribution in [1.29, 1.82) is 0 Å². The molecule has 0 bridgehead atoms. The van der Waals surface area contributed by atoms with Crippen molar-refractivity contribution in [3.8, 4) is 0 Å². The second-order valence-corrected chi connectivity index (χ2v) is 11.0. The lowest BCUT2D eigenvalue weighted by atomic mass is 9.92. The van der Waals surface area contributed by atoms with Crippen LogP contribution in [0.5, 0.6) is 0 Å². The summed E-state index contributed by atoms with van der Waals surface area (Å²) in [6.07, 6.45) is 0. The Balaban J connectivity index is 1.87. The third-order valence-electron chi connectivity index (χ3n) is 5.22. The first kappa shape index (κ1) is 24.0. The van der Waals surface area contributed by atoms with Crippen LogP contribution in [0.2, 0.25) is 0 Å². The average molecular weight is 464 g/mol. The Labute approximate surface area is 194 Å². The maximum atomic E-state index is 13.3. The van der Waals surface area contributed by atoms with E-state index in [2.05, 4.69) is 0 Å². The highest BCUT2D eigenvalue weighted by Gasteiger charge is 2.28. The summed E-state index contributed by atoms with van der Waals surface area (Å²) in [7, 11) is -2.19. The van der Waals surface area contributed by atoms with Crippen LogP contribution in [-0.4, -0.2) is 39.2 Å². The third kappa shape index (κ3) is 6.21. The van der Waals surface area contributed by atoms with Gasteiger partial charge in [-0.15, -0.1) is 11.8 Å². The van der Waals surface area contributed by atoms with Crippen LogP contribution in [0.25, 0.3) is 0 Å². The number of hydrogen-bond acceptors (Lipinski definition) is 5. The summed E-state index contributed by atoms with van der Waals surface area (Å²) < 4.78 is 26.2. The summed E-state index contributed by atoms with van der Waals surface area (Å²) in [5.41, 5.74) is 2.94. The molecule has 0 heterocycles. The summed E-state index contributed by atoms with van der Waals surface area (Å²) in [6, 6.07) is 21.0. The predicted octanol–water partition coefficient (Wildman–Crippen LogP) is 4.14. The zero-order chi connectivity index (χ0) is 23.3. The molecule has 3 aromatic carbocycles. The van der Waals surface area contributed by atoms with Gasteiger partial charge in [-0.2, -0.15) is 0 Å². The van der Waals surface area contributed by atoms with Gasteiger partial charge in [0, 0.05) is 27.7 Å². The van der Waals surface area contributed by atoms with Crippen molar-refractivity contribution in [2.75, 3.05) is 11.5 Å². The van der Waals surface area contributed by atoms with Gasteiger partial charge < -0.3 is 4.79 Å². The van der Waals surface area contributed by atoms with Gasteiger partial charge in [0.1, 0.15) is 5.68 Å². The Kier molecular flexibility index (Phi) is 7.75. The maximum absolute atomic E-state index is 13.3. The Morgan fingerprint density at radius 2 is 1.31 bits per heavy atom. The van der Waals surface area contributed by atoms with E-state index in [1.165, 1.54) is 19.6 Å². The maximum Gasteiger partial charge on any atom is 0.193 e. The SMILES string of the molecule is BC(=O)c1ccc(C(=O)C(CSc2ccc(C)cc2)CS(=O)(=O)c2ccc(C)cc2)cc1. The smallest absolute Gasteiger partial charge is 0.193 e. The summed E-state index contributed by atoms with van der Waals surface area (Å²) >= 11 is 1.47. The Hall–Kier alpha value is -2.64. The van der Waals surface area contributed by atoms with E-state index in [1.54, 1.807) is 48.5 Å². The minimum Gasteiger partial charge on any atom is -0.307 e. The van der Waals surface area contributed by atoms with Crippen LogP contribution < -0.4 is 0 Å². The molecule has 0 aromatic heterocycles. The van der Waals surface area contributed by atoms with Gasteiger partial charge in [0.2, 0.25) is 0 Å².